The highest BCUT2D eigenvalue weighted by atomic mass is 35.5. The Morgan fingerprint density at radius 1 is 1.53 bits per heavy atom. The lowest BCUT2D eigenvalue weighted by Crippen LogP contribution is -2.45. The number of rotatable bonds is 3. The van der Waals surface area contributed by atoms with Crippen LogP contribution in [0.5, 0.6) is 0 Å². The van der Waals surface area contributed by atoms with Gasteiger partial charge in [0.25, 0.3) is 0 Å². The maximum atomic E-state index is 12.1. The number of nitrogens with one attached hydrogen (secondary N) is 1. The van der Waals surface area contributed by atoms with Gasteiger partial charge >= 0.3 is 0 Å². The molecule has 2 atom stereocenters. The molecule has 0 saturated carbocycles. The number of amides is 1. The van der Waals surface area contributed by atoms with Crippen molar-refractivity contribution in [1.29, 1.82) is 0 Å². The summed E-state index contributed by atoms with van der Waals surface area (Å²) in [4.78, 5) is 13.3. The van der Waals surface area contributed by atoms with Crippen molar-refractivity contribution < 1.29 is 4.79 Å². The lowest BCUT2D eigenvalue weighted by Gasteiger charge is -2.28. The van der Waals surface area contributed by atoms with Crippen LogP contribution in [-0.2, 0) is 4.79 Å². The van der Waals surface area contributed by atoms with Gasteiger partial charge in [0.15, 0.2) is 0 Å². The van der Waals surface area contributed by atoms with Gasteiger partial charge in [-0.15, -0.1) is 11.8 Å². The van der Waals surface area contributed by atoms with E-state index in [1.54, 1.807) is 11.8 Å². The normalized spacial score (nSPS) is 19.9. The van der Waals surface area contributed by atoms with E-state index in [2.05, 4.69) is 5.32 Å². The van der Waals surface area contributed by atoms with E-state index in [4.69, 9.17) is 17.3 Å². The fourth-order valence-electron chi connectivity index (χ4n) is 2.09. The average Bonchev–Trinajstić information content (AvgIpc) is 2.38. The van der Waals surface area contributed by atoms with Crippen molar-refractivity contribution in [2.75, 3.05) is 5.75 Å². The first-order valence-electron chi connectivity index (χ1n) is 6.47. The molecule has 0 saturated heterocycles. The lowest BCUT2D eigenvalue weighted by molar-refractivity contribution is -0.124. The van der Waals surface area contributed by atoms with Crippen LogP contribution in [0.3, 0.4) is 0 Å². The van der Waals surface area contributed by atoms with E-state index in [0.717, 1.165) is 17.7 Å². The third-order valence-electron chi connectivity index (χ3n) is 3.35. The maximum absolute atomic E-state index is 12.1. The van der Waals surface area contributed by atoms with Gasteiger partial charge in [0.05, 0.1) is 12.1 Å². The van der Waals surface area contributed by atoms with Gasteiger partial charge in [-0.25, -0.2) is 0 Å². The van der Waals surface area contributed by atoms with Crippen molar-refractivity contribution in [3.05, 3.63) is 28.8 Å². The van der Waals surface area contributed by atoms with Crippen molar-refractivity contribution >= 4 is 29.3 Å². The van der Waals surface area contributed by atoms with Crippen molar-refractivity contribution in [2.45, 2.75) is 37.2 Å². The zero-order valence-electron chi connectivity index (χ0n) is 11.2. The molecule has 19 heavy (non-hydrogen) atoms. The van der Waals surface area contributed by atoms with Crippen molar-refractivity contribution in [1.82, 2.24) is 5.32 Å². The van der Waals surface area contributed by atoms with Crippen LogP contribution in [0.25, 0.3) is 0 Å². The Balaban J connectivity index is 2.15. The monoisotopic (exact) mass is 298 g/mol. The van der Waals surface area contributed by atoms with E-state index < -0.39 is 6.04 Å². The van der Waals surface area contributed by atoms with Crippen LogP contribution >= 0.6 is 23.4 Å². The minimum Gasteiger partial charge on any atom is -0.348 e. The third-order valence-corrected chi connectivity index (χ3v) is 4.71. The topological polar surface area (TPSA) is 55.1 Å². The smallest absolute Gasteiger partial charge is 0.237 e. The Hall–Kier alpha value is -0.710. The average molecular weight is 299 g/mol. The summed E-state index contributed by atoms with van der Waals surface area (Å²) in [5.74, 6) is 1.05. The summed E-state index contributed by atoms with van der Waals surface area (Å²) in [6.45, 7) is 3.90. The fraction of sp³-hybridized carbons (Fsp3) is 0.500. The molecule has 1 aliphatic rings. The Labute approximate surface area is 123 Å². The molecule has 0 spiro atoms. The van der Waals surface area contributed by atoms with Crippen LogP contribution in [0.1, 0.15) is 31.9 Å². The molecule has 0 radical (unpaired) electrons. The van der Waals surface area contributed by atoms with Crippen molar-refractivity contribution in [3.63, 3.8) is 0 Å². The molecule has 0 aromatic heterocycles. The second-order valence-electron chi connectivity index (χ2n) is 5.15. The largest absolute Gasteiger partial charge is 0.348 e. The number of hydrogen-bond donors (Lipinski definition) is 2. The first kappa shape index (κ1) is 14.7. The molecule has 1 aliphatic heterocycles. The molecular formula is C14H19ClN2OS. The number of fused-ring (bicyclic) bond motifs is 1. The second-order valence-corrected chi connectivity index (χ2v) is 6.72. The predicted octanol–water partition coefficient (Wildman–Crippen LogP) is 2.98. The van der Waals surface area contributed by atoms with Crippen LogP contribution in [0.15, 0.2) is 23.1 Å². The molecule has 0 bridgehead atoms. The second kappa shape index (κ2) is 6.16. The van der Waals surface area contributed by atoms with E-state index in [-0.39, 0.29) is 17.9 Å². The number of carbonyl (C=O) groups is 1. The van der Waals surface area contributed by atoms with E-state index in [0.29, 0.717) is 5.02 Å². The van der Waals surface area contributed by atoms with Crippen molar-refractivity contribution in [3.8, 4) is 0 Å². The highest BCUT2D eigenvalue weighted by molar-refractivity contribution is 7.99. The Kier molecular flexibility index (Phi) is 4.76. The molecule has 2 rings (SSSR count). The van der Waals surface area contributed by atoms with Gasteiger partial charge in [0.1, 0.15) is 0 Å². The summed E-state index contributed by atoms with van der Waals surface area (Å²) < 4.78 is 0. The number of halogens is 1. The zero-order valence-corrected chi connectivity index (χ0v) is 12.7. The minimum atomic E-state index is -0.461. The Morgan fingerprint density at radius 2 is 2.26 bits per heavy atom. The molecule has 1 amide bonds. The van der Waals surface area contributed by atoms with Gasteiger partial charge < -0.3 is 11.1 Å². The lowest BCUT2D eigenvalue weighted by atomic mass is 10.0. The number of carbonyl (C=O) groups excluding carboxylic acids is 1. The summed E-state index contributed by atoms with van der Waals surface area (Å²) in [6.07, 6.45) is 0.911. The SMILES string of the molecule is CC(C)C(N)C(=O)NC1CCSc2ccc(Cl)cc21. The third kappa shape index (κ3) is 3.44. The quantitative estimate of drug-likeness (QED) is 0.902. The van der Waals surface area contributed by atoms with E-state index in [1.165, 1.54) is 4.90 Å². The Bertz CT molecular complexity index is 479. The predicted molar refractivity (Wildman–Crippen MR) is 80.5 cm³/mol. The summed E-state index contributed by atoms with van der Waals surface area (Å²) in [5.41, 5.74) is 6.99. The summed E-state index contributed by atoms with van der Waals surface area (Å²) >= 11 is 7.85. The highest BCUT2D eigenvalue weighted by Crippen LogP contribution is 2.37. The van der Waals surface area contributed by atoms with E-state index in [9.17, 15) is 4.79 Å². The summed E-state index contributed by atoms with van der Waals surface area (Å²) in [7, 11) is 0. The molecule has 0 fully saturated rings. The van der Waals surface area contributed by atoms with Crippen molar-refractivity contribution in [2.24, 2.45) is 11.7 Å². The first-order chi connectivity index (χ1) is 8.99. The van der Waals surface area contributed by atoms with Gasteiger partial charge in [0, 0.05) is 15.7 Å². The van der Waals surface area contributed by atoms with E-state index in [1.807, 2.05) is 32.0 Å². The van der Waals surface area contributed by atoms with E-state index >= 15 is 0 Å². The fourth-order valence-corrected chi connectivity index (χ4v) is 3.37. The van der Waals surface area contributed by atoms with Gasteiger partial charge in [0.2, 0.25) is 5.91 Å². The number of hydrogen-bond acceptors (Lipinski definition) is 3. The van der Waals surface area contributed by atoms with Gasteiger partial charge in [-0.3, -0.25) is 4.79 Å². The maximum Gasteiger partial charge on any atom is 0.237 e. The molecule has 0 aliphatic carbocycles. The molecule has 3 N–H and O–H groups in total. The van der Waals surface area contributed by atoms with Gasteiger partial charge in [-0.05, 0) is 36.1 Å². The van der Waals surface area contributed by atoms with Crippen LogP contribution in [0, 0.1) is 5.92 Å². The molecular weight excluding hydrogens is 280 g/mol. The molecule has 1 heterocycles. The Morgan fingerprint density at radius 3 is 2.95 bits per heavy atom. The van der Waals surface area contributed by atoms with Crippen LogP contribution in [0.2, 0.25) is 5.02 Å². The summed E-state index contributed by atoms with van der Waals surface area (Å²) in [5, 5.41) is 3.75. The minimum absolute atomic E-state index is 0.0206. The molecule has 104 valence electrons. The number of thioether (sulfide) groups is 1. The number of benzene rings is 1. The van der Waals surface area contributed by atoms with Gasteiger partial charge in [-0.1, -0.05) is 25.4 Å². The zero-order chi connectivity index (χ0) is 14.0. The molecule has 1 aromatic rings. The molecule has 5 heteroatoms. The molecule has 3 nitrogen and oxygen atoms in total. The standard InChI is InChI=1S/C14H19ClN2OS/c1-8(2)13(16)14(18)17-11-5-6-19-12-4-3-9(15)7-10(11)12/h3-4,7-8,11,13H,5-6,16H2,1-2H3,(H,17,18). The van der Waals surface area contributed by atoms with Crippen LogP contribution in [0.4, 0.5) is 0 Å². The first-order valence-corrected chi connectivity index (χ1v) is 7.83. The van der Waals surface area contributed by atoms with Crippen LogP contribution in [-0.4, -0.2) is 17.7 Å². The molecule has 1 aromatic carbocycles. The van der Waals surface area contributed by atoms with Crippen LogP contribution < -0.4 is 11.1 Å². The number of nitrogens with two attached hydrogens (primary N) is 1. The molecule has 2 unspecified atom stereocenters. The summed E-state index contributed by atoms with van der Waals surface area (Å²) in [6, 6.07) is 5.40. The highest BCUT2D eigenvalue weighted by Gasteiger charge is 2.25. The van der Waals surface area contributed by atoms with Gasteiger partial charge in [-0.2, -0.15) is 0 Å².